The van der Waals surface area contributed by atoms with Gasteiger partial charge in [-0.25, -0.2) is 8.78 Å². The summed E-state index contributed by atoms with van der Waals surface area (Å²) in [6, 6.07) is 0. The molecule has 20 heavy (non-hydrogen) atoms. The second kappa shape index (κ2) is 5.58. The smallest absolute Gasteiger partial charge is 0.255 e. The van der Waals surface area contributed by atoms with Gasteiger partial charge < -0.3 is 10.0 Å². The first-order valence-corrected chi connectivity index (χ1v) is 7.76. The second-order valence-corrected chi connectivity index (χ2v) is 6.86. The first kappa shape index (κ1) is 14.2. The van der Waals surface area contributed by atoms with E-state index in [0.717, 1.165) is 37.5 Å². The Balaban J connectivity index is 1.72. The van der Waals surface area contributed by atoms with Gasteiger partial charge in [0.2, 0.25) is 5.91 Å². The van der Waals surface area contributed by atoms with Gasteiger partial charge in [0.05, 0.1) is 13.2 Å². The number of hydrogen-bond acceptors (Lipinski definition) is 2. The molecular weight excluding hydrogens is 264 g/mol. The van der Waals surface area contributed by atoms with Crippen LogP contribution in [0.2, 0.25) is 0 Å². The molecule has 4 aliphatic rings. The lowest BCUT2D eigenvalue weighted by Gasteiger charge is -2.54. The van der Waals surface area contributed by atoms with Crippen LogP contribution in [0.15, 0.2) is 0 Å². The molecule has 4 saturated carbocycles. The first-order chi connectivity index (χ1) is 9.58. The Morgan fingerprint density at radius 2 is 1.65 bits per heavy atom. The molecule has 0 aliphatic heterocycles. The molecular formula is C15H23F2NO2. The summed E-state index contributed by atoms with van der Waals surface area (Å²) in [5, 5.41) is 9.01. The van der Waals surface area contributed by atoms with Crippen LogP contribution in [-0.2, 0) is 4.79 Å². The summed E-state index contributed by atoms with van der Waals surface area (Å²) in [6.07, 6.45) is 3.19. The fraction of sp³-hybridized carbons (Fsp3) is 0.933. The van der Waals surface area contributed by atoms with Crippen molar-refractivity contribution in [2.24, 2.45) is 29.6 Å². The number of amides is 1. The predicted molar refractivity (Wildman–Crippen MR) is 70.2 cm³/mol. The third kappa shape index (κ3) is 2.57. The number of aliphatic hydroxyl groups is 1. The highest BCUT2D eigenvalue weighted by Gasteiger charge is 2.51. The highest BCUT2D eigenvalue weighted by atomic mass is 19.3. The molecule has 3 nitrogen and oxygen atoms in total. The predicted octanol–water partition coefficient (Wildman–Crippen LogP) is 2.14. The summed E-state index contributed by atoms with van der Waals surface area (Å²) < 4.78 is 25.2. The van der Waals surface area contributed by atoms with Gasteiger partial charge in [-0.2, -0.15) is 0 Å². The van der Waals surface area contributed by atoms with Crippen molar-refractivity contribution in [2.75, 3.05) is 19.7 Å². The van der Waals surface area contributed by atoms with E-state index in [4.69, 9.17) is 5.11 Å². The van der Waals surface area contributed by atoms with Crippen molar-refractivity contribution in [3.63, 3.8) is 0 Å². The maximum Gasteiger partial charge on any atom is 0.255 e. The van der Waals surface area contributed by atoms with Gasteiger partial charge in [0, 0.05) is 12.5 Å². The fourth-order valence-corrected chi connectivity index (χ4v) is 5.12. The van der Waals surface area contributed by atoms with Crippen molar-refractivity contribution in [2.45, 2.75) is 38.5 Å². The summed E-state index contributed by atoms with van der Waals surface area (Å²) >= 11 is 0. The monoisotopic (exact) mass is 287 g/mol. The lowest BCUT2D eigenvalue weighted by molar-refractivity contribution is -0.151. The van der Waals surface area contributed by atoms with E-state index in [1.54, 1.807) is 0 Å². The van der Waals surface area contributed by atoms with Crippen molar-refractivity contribution in [3.05, 3.63) is 0 Å². The summed E-state index contributed by atoms with van der Waals surface area (Å²) in [7, 11) is 0. The molecule has 0 atom stereocenters. The second-order valence-electron chi connectivity index (χ2n) is 6.86. The molecule has 114 valence electrons. The quantitative estimate of drug-likeness (QED) is 0.841. The third-order valence-electron chi connectivity index (χ3n) is 5.55. The Kier molecular flexibility index (Phi) is 3.98. The summed E-state index contributed by atoms with van der Waals surface area (Å²) in [6.45, 7) is -0.750. The largest absolute Gasteiger partial charge is 0.395 e. The van der Waals surface area contributed by atoms with Gasteiger partial charge >= 0.3 is 0 Å². The molecule has 0 aromatic carbocycles. The summed E-state index contributed by atoms with van der Waals surface area (Å²) in [5.41, 5.74) is 0. The van der Waals surface area contributed by atoms with Crippen molar-refractivity contribution in [3.8, 4) is 0 Å². The normalized spacial score (nSPS) is 38.5. The van der Waals surface area contributed by atoms with Crippen LogP contribution in [0.4, 0.5) is 8.78 Å². The first-order valence-electron chi connectivity index (χ1n) is 7.76. The van der Waals surface area contributed by atoms with Crippen LogP contribution in [-0.4, -0.2) is 42.0 Å². The number of aliphatic hydroxyl groups excluding tert-OH is 1. The Labute approximate surface area is 118 Å². The topological polar surface area (TPSA) is 40.5 Å². The number of rotatable bonds is 5. The van der Waals surface area contributed by atoms with Crippen LogP contribution in [0.5, 0.6) is 0 Å². The lowest BCUT2D eigenvalue weighted by atomic mass is 9.51. The fourth-order valence-electron chi connectivity index (χ4n) is 5.12. The molecule has 0 saturated heterocycles. The average molecular weight is 287 g/mol. The third-order valence-corrected chi connectivity index (χ3v) is 5.55. The minimum Gasteiger partial charge on any atom is -0.395 e. The van der Waals surface area contributed by atoms with E-state index in [0.29, 0.717) is 11.8 Å². The van der Waals surface area contributed by atoms with Gasteiger partial charge in [-0.15, -0.1) is 0 Å². The van der Waals surface area contributed by atoms with Crippen molar-refractivity contribution < 1.29 is 18.7 Å². The summed E-state index contributed by atoms with van der Waals surface area (Å²) in [4.78, 5) is 13.8. The van der Waals surface area contributed by atoms with E-state index in [1.165, 1.54) is 11.3 Å². The maximum absolute atomic E-state index is 12.6. The van der Waals surface area contributed by atoms with E-state index < -0.39 is 13.0 Å². The molecule has 5 heteroatoms. The minimum absolute atomic E-state index is 0.0337. The van der Waals surface area contributed by atoms with Crippen molar-refractivity contribution in [1.82, 2.24) is 4.90 Å². The number of carbonyl (C=O) groups is 1. The Morgan fingerprint density at radius 3 is 2.10 bits per heavy atom. The SMILES string of the molecule is O=C(C1C2CC3CC(C2)CC1C3)N(CCO)CC(F)F. The molecule has 0 spiro atoms. The van der Waals surface area contributed by atoms with Gasteiger partial charge in [0.25, 0.3) is 6.43 Å². The molecule has 4 fully saturated rings. The van der Waals surface area contributed by atoms with Gasteiger partial charge in [-0.05, 0) is 55.8 Å². The maximum atomic E-state index is 12.6. The molecule has 0 unspecified atom stereocenters. The Bertz CT molecular complexity index is 347. The van der Waals surface area contributed by atoms with Crippen LogP contribution < -0.4 is 0 Å². The van der Waals surface area contributed by atoms with Crippen LogP contribution in [0.3, 0.4) is 0 Å². The molecule has 1 amide bonds. The van der Waals surface area contributed by atoms with Crippen LogP contribution >= 0.6 is 0 Å². The highest BCUT2D eigenvalue weighted by molar-refractivity contribution is 5.80. The molecule has 0 radical (unpaired) electrons. The highest BCUT2D eigenvalue weighted by Crippen LogP contribution is 2.56. The molecule has 0 aromatic heterocycles. The minimum atomic E-state index is -2.53. The Hall–Kier alpha value is -0.710. The van der Waals surface area contributed by atoms with E-state index in [9.17, 15) is 13.6 Å². The molecule has 1 N–H and O–H groups in total. The molecule has 4 rings (SSSR count). The van der Waals surface area contributed by atoms with Crippen molar-refractivity contribution >= 4 is 5.91 Å². The number of alkyl halides is 2. The van der Waals surface area contributed by atoms with E-state index >= 15 is 0 Å². The zero-order valence-electron chi connectivity index (χ0n) is 11.7. The number of halogens is 2. The van der Waals surface area contributed by atoms with Crippen LogP contribution in [0.1, 0.15) is 32.1 Å². The molecule has 4 bridgehead atoms. The van der Waals surface area contributed by atoms with E-state index in [2.05, 4.69) is 0 Å². The van der Waals surface area contributed by atoms with Gasteiger partial charge in [-0.1, -0.05) is 0 Å². The van der Waals surface area contributed by atoms with Crippen LogP contribution in [0.25, 0.3) is 0 Å². The van der Waals surface area contributed by atoms with Gasteiger partial charge in [0.1, 0.15) is 0 Å². The standard InChI is InChI=1S/C15H23F2NO2/c16-13(17)8-18(1-2-19)15(20)14-11-4-9-3-10(6-11)7-12(14)5-9/h9-14,19H,1-8H2. The number of nitrogens with zero attached hydrogens (tertiary/aromatic N) is 1. The molecule has 4 aliphatic carbocycles. The lowest BCUT2D eigenvalue weighted by Crippen LogP contribution is -2.53. The van der Waals surface area contributed by atoms with E-state index in [1.807, 2.05) is 0 Å². The van der Waals surface area contributed by atoms with Gasteiger partial charge in [0.15, 0.2) is 0 Å². The Morgan fingerprint density at radius 1 is 1.10 bits per heavy atom. The number of hydrogen-bond donors (Lipinski definition) is 1. The number of carbonyl (C=O) groups excluding carboxylic acids is 1. The van der Waals surface area contributed by atoms with E-state index in [-0.39, 0.29) is 25.0 Å². The van der Waals surface area contributed by atoms with Crippen molar-refractivity contribution in [1.29, 1.82) is 0 Å². The zero-order valence-corrected chi connectivity index (χ0v) is 11.7. The van der Waals surface area contributed by atoms with Crippen LogP contribution in [0, 0.1) is 29.6 Å². The molecule has 0 aromatic rings. The van der Waals surface area contributed by atoms with Gasteiger partial charge in [-0.3, -0.25) is 4.79 Å². The zero-order chi connectivity index (χ0) is 14.3. The average Bonchev–Trinajstić information content (AvgIpc) is 2.36. The molecule has 0 heterocycles. The summed E-state index contributed by atoms with van der Waals surface area (Å²) in [5.74, 6) is 2.14.